The van der Waals surface area contributed by atoms with Gasteiger partial charge in [0.25, 0.3) is 0 Å². The fourth-order valence-electron chi connectivity index (χ4n) is 1.61. The van der Waals surface area contributed by atoms with Gasteiger partial charge in [-0.1, -0.05) is 6.92 Å². The zero-order valence-electron chi connectivity index (χ0n) is 9.90. The maximum absolute atomic E-state index is 5.64. The van der Waals surface area contributed by atoms with Gasteiger partial charge in [0, 0.05) is 43.1 Å². The van der Waals surface area contributed by atoms with Crippen LogP contribution in [0.4, 0.5) is 5.69 Å². The summed E-state index contributed by atoms with van der Waals surface area (Å²) in [7, 11) is 0. The summed E-state index contributed by atoms with van der Waals surface area (Å²) in [6, 6.07) is 4.20. The summed E-state index contributed by atoms with van der Waals surface area (Å²) >= 11 is 0. The molecule has 1 unspecified atom stereocenters. The lowest BCUT2D eigenvalue weighted by Crippen LogP contribution is -2.22. The maximum atomic E-state index is 5.64. The first-order chi connectivity index (χ1) is 7.22. The second-order valence-electron chi connectivity index (χ2n) is 3.75. The molecule has 1 rings (SSSR count). The van der Waals surface area contributed by atoms with E-state index in [-0.39, 0.29) is 0 Å². The Balaban J connectivity index is 2.91. The molecule has 0 aromatic carbocycles. The fourth-order valence-corrected chi connectivity index (χ4v) is 1.61. The zero-order chi connectivity index (χ0) is 11.3. The maximum Gasteiger partial charge on any atom is 0.0464 e. The van der Waals surface area contributed by atoms with Crippen LogP contribution in [0.2, 0.25) is 0 Å². The van der Waals surface area contributed by atoms with Crippen molar-refractivity contribution in [1.82, 2.24) is 4.98 Å². The molecule has 0 aliphatic heterocycles. The average Bonchev–Trinajstić information content (AvgIpc) is 2.30. The van der Waals surface area contributed by atoms with E-state index < -0.39 is 0 Å². The van der Waals surface area contributed by atoms with Gasteiger partial charge in [-0.2, -0.15) is 0 Å². The summed E-state index contributed by atoms with van der Waals surface area (Å²) in [4.78, 5) is 6.67. The number of nitrogens with zero attached hydrogens (tertiary/aromatic N) is 2. The Morgan fingerprint density at radius 3 is 2.60 bits per heavy atom. The molecule has 0 amide bonds. The summed E-state index contributed by atoms with van der Waals surface area (Å²) in [5.41, 5.74) is 7.97. The quantitative estimate of drug-likeness (QED) is 0.803. The highest BCUT2D eigenvalue weighted by Gasteiger charge is 2.07. The molecule has 0 aliphatic carbocycles. The molecule has 0 saturated carbocycles. The lowest BCUT2D eigenvalue weighted by atomic mass is 10.1. The van der Waals surface area contributed by atoms with Crippen LogP contribution in [0.25, 0.3) is 0 Å². The van der Waals surface area contributed by atoms with Gasteiger partial charge >= 0.3 is 0 Å². The second kappa shape index (κ2) is 5.71. The van der Waals surface area contributed by atoms with E-state index in [9.17, 15) is 0 Å². The van der Waals surface area contributed by atoms with Crippen LogP contribution >= 0.6 is 0 Å². The number of nitrogens with two attached hydrogens (primary N) is 1. The van der Waals surface area contributed by atoms with Crippen LogP contribution in [-0.2, 0) is 0 Å². The van der Waals surface area contributed by atoms with Gasteiger partial charge < -0.3 is 10.6 Å². The fraction of sp³-hybridized carbons (Fsp3) is 0.583. The highest BCUT2D eigenvalue weighted by atomic mass is 15.1. The topological polar surface area (TPSA) is 42.2 Å². The molecule has 0 spiro atoms. The Morgan fingerprint density at radius 2 is 2.07 bits per heavy atom. The smallest absolute Gasteiger partial charge is 0.0464 e. The third-order valence-corrected chi connectivity index (χ3v) is 2.75. The minimum atomic E-state index is 0.334. The Labute approximate surface area is 92.3 Å². The summed E-state index contributed by atoms with van der Waals surface area (Å²) in [6.45, 7) is 9.13. The molecule has 1 aromatic rings. The zero-order valence-corrected chi connectivity index (χ0v) is 9.90. The van der Waals surface area contributed by atoms with E-state index in [1.165, 1.54) is 5.69 Å². The van der Waals surface area contributed by atoms with E-state index >= 15 is 0 Å². The van der Waals surface area contributed by atoms with Crippen molar-refractivity contribution >= 4 is 5.69 Å². The van der Waals surface area contributed by atoms with Gasteiger partial charge in [0.2, 0.25) is 0 Å². The van der Waals surface area contributed by atoms with Crippen LogP contribution in [0, 0.1) is 0 Å². The monoisotopic (exact) mass is 207 g/mol. The van der Waals surface area contributed by atoms with Crippen molar-refractivity contribution in [2.24, 2.45) is 5.73 Å². The molecule has 0 saturated heterocycles. The van der Waals surface area contributed by atoms with E-state index in [4.69, 9.17) is 5.73 Å². The van der Waals surface area contributed by atoms with E-state index in [1.54, 1.807) is 0 Å². The van der Waals surface area contributed by atoms with E-state index in [2.05, 4.69) is 42.8 Å². The number of pyridine rings is 1. The van der Waals surface area contributed by atoms with Gasteiger partial charge in [-0.25, -0.2) is 0 Å². The van der Waals surface area contributed by atoms with Gasteiger partial charge in [-0.15, -0.1) is 0 Å². The minimum Gasteiger partial charge on any atom is -0.372 e. The Morgan fingerprint density at radius 1 is 1.40 bits per heavy atom. The third kappa shape index (κ3) is 2.93. The van der Waals surface area contributed by atoms with Crippen molar-refractivity contribution in [3.05, 3.63) is 24.0 Å². The highest BCUT2D eigenvalue weighted by Crippen LogP contribution is 2.18. The molecule has 84 valence electrons. The lowest BCUT2D eigenvalue weighted by molar-refractivity contribution is 0.742. The van der Waals surface area contributed by atoms with Crippen molar-refractivity contribution in [1.29, 1.82) is 0 Å². The number of hydrogen-bond acceptors (Lipinski definition) is 3. The van der Waals surface area contributed by atoms with E-state index in [0.717, 1.165) is 18.8 Å². The molecule has 3 heteroatoms. The molecule has 0 bridgehead atoms. The van der Waals surface area contributed by atoms with Gasteiger partial charge in [-0.3, -0.25) is 4.98 Å². The normalized spacial score (nSPS) is 12.5. The summed E-state index contributed by atoms with van der Waals surface area (Å²) in [5.74, 6) is 0.334. The van der Waals surface area contributed by atoms with Crippen LogP contribution in [0.5, 0.6) is 0 Å². The van der Waals surface area contributed by atoms with Crippen molar-refractivity contribution in [2.45, 2.75) is 26.7 Å². The summed E-state index contributed by atoms with van der Waals surface area (Å²) in [5, 5.41) is 0. The van der Waals surface area contributed by atoms with Crippen LogP contribution in [0.3, 0.4) is 0 Å². The molecule has 0 fully saturated rings. The molecular weight excluding hydrogens is 186 g/mol. The van der Waals surface area contributed by atoms with Gasteiger partial charge in [0.15, 0.2) is 0 Å². The molecule has 1 heterocycles. The van der Waals surface area contributed by atoms with Crippen LogP contribution in [-0.4, -0.2) is 24.6 Å². The van der Waals surface area contributed by atoms with E-state index in [0.29, 0.717) is 12.5 Å². The second-order valence-corrected chi connectivity index (χ2v) is 3.75. The Hall–Kier alpha value is -1.09. The van der Waals surface area contributed by atoms with E-state index in [1.807, 2.05) is 6.20 Å². The van der Waals surface area contributed by atoms with Crippen molar-refractivity contribution in [2.75, 3.05) is 24.5 Å². The van der Waals surface area contributed by atoms with Gasteiger partial charge in [-0.05, 0) is 26.0 Å². The average molecular weight is 207 g/mol. The summed E-state index contributed by atoms with van der Waals surface area (Å²) < 4.78 is 0. The van der Waals surface area contributed by atoms with Crippen molar-refractivity contribution in [3.63, 3.8) is 0 Å². The minimum absolute atomic E-state index is 0.334. The largest absolute Gasteiger partial charge is 0.372 e. The van der Waals surface area contributed by atoms with Crippen LogP contribution < -0.4 is 10.6 Å². The van der Waals surface area contributed by atoms with Crippen molar-refractivity contribution < 1.29 is 0 Å². The number of hydrogen-bond donors (Lipinski definition) is 1. The molecule has 1 atom stereocenters. The first kappa shape index (κ1) is 12.0. The Kier molecular flexibility index (Phi) is 4.56. The lowest BCUT2D eigenvalue weighted by Gasteiger charge is -2.22. The first-order valence-corrected chi connectivity index (χ1v) is 5.63. The molecule has 1 aromatic heterocycles. The molecule has 0 radical (unpaired) electrons. The highest BCUT2D eigenvalue weighted by molar-refractivity contribution is 5.46. The Bertz CT molecular complexity index is 295. The van der Waals surface area contributed by atoms with Crippen LogP contribution in [0.15, 0.2) is 18.3 Å². The molecule has 3 nitrogen and oxygen atoms in total. The third-order valence-electron chi connectivity index (χ3n) is 2.75. The summed E-state index contributed by atoms with van der Waals surface area (Å²) in [6.07, 6.45) is 1.87. The predicted molar refractivity (Wildman–Crippen MR) is 65.3 cm³/mol. The number of anilines is 1. The predicted octanol–water partition coefficient (Wildman–Crippen LogP) is 1.99. The number of rotatable bonds is 5. The molecular formula is C12H21N3. The number of aromatic nitrogens is 1. The van der Waals surface area contributed by atoms with Crippen LogP contribution in [0.1, 0.15) is 32.4 Å². The molecule has 0 aliphatic rings. The van der Waals surface area contributed by atoms with Gasteiger partial charge in [0.05, 0.1) is 0 Å². The SMILES string of the molecule is CCN(CC)c1ccnc(C(C)CN)c1. The first-order valence-electron chi connectivity index (χ1n) is 5.63. The molecule has 2 N–H and O–H groups in total. The standard InChI is InChI=1S/C12H21N3/c1-4-15(5-2)11-6-7-14-12(8-11)10(3)9-13/h6-8,10H,4-5,9,13H2,1-3H3. The molecule has 15 heavy (non-hydrogen) atoms. The van der Waals surface area contributed by atoms with Crippen molar-refractivity contribution in [3.8, 4) is 0 Å². The van der Waals surface area contributed by atoms with Gasteiger partial charge in [0.1, 0.15) is 0 Å².